The van der Waals surface area contributed by atoms with Gasteiger partial charge in [0.1, 0.15) is 5.82 Å². The molecule has 0 aliphatic carbocycles. The lowest BCUT2D eigenvalue weighted by Gasteiger charge is -2.18. The van der Waals surface area contributed by atoms with Crippen molar-refractivity contribution >= 4 is 17.7 Å². The van der Waals surface area contributed by atoms with Crippen LogP contribution < -0.4 is 0 Å². The van der Waals surface area contributed by atoms with Gasteiger partial charge in [-0.2, -0.15) is 0 Å². The van der Waals surface area contributed by atoms with Crippen molar-refractivity contribution in [3.05, 3.63) is 5.82 Å². The van der Waals surface area contributed by atoms with Gasteiger partial charge in [0.15, 0.2) is 5.16 Å². The van der Waals surface area contributed by atoms with Crippen molar-refractivity contribution in [3.63, 3.8) is 0 Å². The average molecular weight is 341 g/mol. The largest absolute Gasteiger partial charge is 0.343 e. The summed E-state index contributed by atoms with van der Waals surface area (Å²) in [6, 6.07) is 0. The Morgan fingerprint density at radius 1 is 1.04 bits per heavy atom. The van der Waals surface area contributed by atoms with Crippen molar-refractivity contribution in [1.82, 2.24) is 19.7 Å². The zero-order chi connectivity index (χ0) is 17.1. The van der Waals surface area contributed by atoms with Crippen LogP contribution >= 0.6 is 11.8 Å². The molecule has 1 amide bonds. The first-order valence-corrected chi connectivity index (χ1v) is 9.98. The van der Waals surface area contributed by atoms with Gasteiger partial charge >= 0.3 is 0 Å². The molecular formula is C17H32N4OS. The number of aromatic nitrogens is 3. The highest BCUT2D eigenvalue weighted by atomic mass is 32.2. The maximum absolute atomic E-state index is 12.1. The summed E-state index contributed by atoms with van der Waals surface area (Å²) in [5, 5.41) is 9.50. The quantitative estimate of drug-likeness (QED) is 0.429. The Balaban J connectivity index is 2.52. The predicted molar refractivity (Wildman–Crippen MR) is 96.8 cm³/mol. The van der Waals surface area contributed by atoms with E-state index < -0.39 is 0 Å². The van der Waals surface area contributed by atoms with Gasteiger partial charge in [0, 0.05) is 26.1 Å². The molecule has 0 spiro atoms. The molecule has 0 aromatic carbocycles. The Labute approximate surface area is 145 Å². The Bertz CT molecular complexity index is 457. The standard InChI is InChI=1S/C17H32N4OS/c1-5-9-10-11-12-13-15-18-19-17(21(15)8-4)23-14-16(22)20(6-2)7-3/h5-14H2,1-4H3. The van der Waals surface area contributed by atoms with Crippen molar-refractivity contribution in [2.24, 2.45) is 0 Å². The highest BCUT2D eigenvalue weighted by Crippen LogP contribution is 2.19. The van der Waals surface area contributed by atoms with E-state index in [1.807, 2.05) is 18.7 Å². The number of carbonyl (C=O) groups is 1. The van der Waals surface area contributed by atoms with E-state index in [1.165, 1.54) is 43.9 Å². The van der Waals surface area contributed by atoms with E-state index in [2.05, 4.69) is 28.6 Å². The van der Waals surface area contributed by atoms with Crippen LogP contribution in [-0.2, 0) is 17.8 Å². The molecule has 5 nitrogen and oxygen atoms in total. The maximum Gasteiger partial charge on any atom is 0.233 e. The molecule has 0 saturated carbocycles. The van der Waals surface area contributed by atoms with Crippen molar-refractivity contribution in [2.45, 2.75) is 77.9 Å². The number of hydrogen-bond acceptors (Lipinski definition) is 4. The third kappa shape index (κ3) is 6.53. The van der Waals surface area contributed by atoms with Crippen LogP contribution in [0.4, 0.5) is 0 Å². The molecule has 0 saturated heterocycles. The summed E-state index contributed by atoms with van der Waals surface area (Å²) in [6.07, 6.45) is 7.29. The molecule has 0 aliphatic rings. The van der Waals surface area contributed by atoms with Crippen molar-refractivity contribution < 1.29 is 4.79 Å². The fourth-order valence-corrected chi connectivity index (χ4v) is 3.53. The number of nitrogens with zero attached hydrogens (tertiary/aromatic N) is 4. The number of thioether (sulfide) groups is 1. The Hall–Kier alpha value is -1.04. The summed E-state index contributed by atoms with van der Waals surface area (Å²) < 4.78 is 2.15. The molecule has 1 rings (SSSR count). The van der Waals surface area contributed by atoms with Crippen LogP contribution in [0.3, 0.4) is 0 Å². The van der Waals surface area contributed by atoms with E-state index in [9.17, 15) is 4.79 Å². The van der Waals surface area contributed by atoms with Crippen LogP contribution in [0.1, 0.15) is 65.6 Å². The van der Waals surface area contributed by atoms with E-state index in [0.29, 0.717) is 5.75 Å². The molecule has 0 fully saturated rings. The highest BCUT2D eigenvalue weighted by Gasteiger charge is 2.15. The van der Waals surface area contributed by atoms with Crippen LogP contribution in [0.15, 0.2) is 5.16 Å². The molecule has 0 radical (unpaired) electrons. The lowest BCUT2D eigenvalue weighted by molar-refractivity contribution is -0.127. The van der Waals surface area contributed by atoms with Gasteiger partial charge < -0.3 is 9.47 Å². The third-order valence-electron chi connectivity index (χ3n) is 4.05. The van der Waals surface area contributed by atoms with E-state index in [4.69, 9.17) is 0 Å². The summed E-state index contributed by atoms with van der Waals surface area (Å²) in [5.41, 5.74) is 0. The third-order valence-corrected chi connectivity index (χ3v) is 5.01. The molecule has 0 atom stereocenters. The average Bonchev–Trinajstić information content (AvgIpc) is 2.95. The van der Waals surface area contributed by atoms with Gasteiger partial charge in [-0.15, -0.1) is 10.2 Å². The van der Waals surface area contributed by atoms with Crippen LogP contribution in [-0.4, -0.2) is 44.4 Å². The minimum atomic E-state index is 0.173. The normalized spacial score (nSPS) is 11.0. The second-order valence-corrected chi connectivity index (χ2v) is 6.60. The molecule has 6 heteroatoms. The second kappa shape index (κ2) is 11.5. The van der Waals surface area contributed by atoms with Gasteiger partial charge in [-0.25, -0.2) is 0 Å². The first-order valence-electron chi connectivity index (χ1n) is 9.00. The summed E-state index contributed by atoms with van der Waals surface area (Å²) in [5.74, 6) is 1.67. The number of unbranched alkanes of at least 4 members (excludes halogenated alkanes) is 4. The minimum absolute atomic E-state index is 0.173. The number of aryl methyl sites for hydroxylation is 1. The van der Waals surface area contributed by atoms with Gasteiger partial charge in [-0.05, 0) is 27.2 Å². The molecule has 132 valence electrons. The minimum Gasteiger partial charge on any atom is -0.343 e. The molecule has 0 unspecified atom stereocenters. The summed E-state index contributed by atoms with van der Waals surface area (Å²) in [6.45, 7) is 10.8. The molecule has 0 bridgehead atoms. The topological polar surface area (TPSA) is 51.0 Å². The Morgan fingerprint density at radius 2 is 1.74 bits per heavy atom. The maximum atomic E-state index is 12.1. The van der Waals surface area contributed by atoms with Crippen LogP contribution in [0, 0.1) is 0 Å². The van der Waals surface area contributed by atoms with Gasteiger partial charge in [-0.3, -0.25) is 4.79 Å². The zero-order valence-electron chi connectivity index (χ0n) is 15.2. The Kier molecular flexibility index (Phi) is 9.99. The first kappa shape index (κ1) is 20.0. The molecule has 1 aromatic rings. The smallest absolute Gasteiger partial charge is 0.233 e. The monoisotopic (exact) mass is 340 g/mol. The summed E-state index contributed by atoms with van der Waals surface area (Å²) >= 11 is 1.51. The fraction of sp³-hybridized carbons (Fsp3) is 0.824. The molecule has 23 heavy (non-hydrogen) atoms. The first-order chi connectivity index (χ1) is 11.2. The van der Waals surface area contributed by atoms with Gasteiger partial charge in [0.25, 0.3) is 0 Å². The van der Waals surface area contributed by atoms with E-state index >= 15 is 0 Å². The molecular weight excluding hydrogens is 308 g/mol. The van der Waals surface area contributed by atoms with Crippen LogP contribution in [0.2, 0.25) is 0 Å². The van der Waals surface area contributed by atoms with Crippen LogP contribution in [0.25, 0.3) is 0 Å². The number of rotatable bonds is 12. The molecule has 1 aromatic heterocycles. The van der Waals surface area contributed by atoms with Crippen molar-refractivity contribution in [3.8, 4) is 0 Å². The lowest BCUT2D eigenvalue weighted by Crippen LogP contribution is -2.31. The van der Waals surface area contributed by atoms with E-state index in [-0.39, 0.29) is 5.91 Å². The summed E-state index contributed by atoms with van der Waals surface area (Å²) in [4.78, 5) is 14.0. The van der Waals surface area contributed by atoms with Crippen LogP contribution in [0.5, 0.6) is 0 Å². The number of carbonyl (C=O) groups excluding carboxylic acids is 1. The number of amides is 1. The second-order valence-electron chi connectivity index (χ2n) is 5.66. The van der Waals surface area contributed by atoms with E-state index in [0.717, 1.165) is 37.0 Å². The van der Waals surface area contributed by atoms with E-state index in [1.54, 1.807) is 0 Å². The summed E-state index contributed by atoms with van der Waals surface area (Å²) in [7, 11) is 0. The highest BCUT2D eigenvalue weighted by molar-refractivity contribution is 7.99. The van der Waals surface area contributed by atoms with Gasteiger partial charge in [-0.1, -0.05) is 44.4 Å². The SMILES string of the molecule is CCCCCCCc1nnc(SCC(=O)N(CC)CC)n1CC. The zero-order valence-corrected chi connectivity index (χ0v) is 16.0. The predicted octanol–water partition coefficient (Wildman–Crippen LogP) is 3.77. The molecule has 1 heterocycles. The van der Waals surface area contributed by atoms with Gasteiger partial charge in [0.2, 0.25) is 5.91 Å². The molecule has 0 aliphatic heterocycles. The lowest BCUT2D eigenvalue weighted by atomic mass is 10.1. The van der Waals surface area contributed by atoms with Gasteiger partial charge in [0.05, 0.1) is 5.75 Å². The van der Waals surface area contributed by atoms with Crippen molar-refractivity contribution in [1.29, 1.82) is 0 Å². The fourth-order valence-electron chi connectivity index (χ4n) is 2.61. The Morgan fingerprint density at radius 3 is 2.35 bits per heavy atom. The van der Waals surface area contributed by atoms with Crippen molar-refractivity contribution in [2.75, 3.05) is 18.8 Å². The number of hydrogen-bond donors (Lipinski definition) is 0. The molecule has 0 N–H and O–H groups in total.